The lowest BCUT2D eigenvalue weighted by atomic mass is 9.97. The molecule has 1 aliphatic carbocycles. The minimum Gasteiger partial charge on any atom is -0.493 e. The Labute approximate surface area is 183 Å². The fourth-order valence-corrected chi connectivity index (χ4v) is 4.24. The average molecular weight is 423 g/mol. The summed E-state index contributed by atoms with van der Waals surface area (Å²) in [6.45, 7) is 1.76. The monoisotopic (exact) mass is 422 g/mol. The van der Waals surface area contributed by atoms with E-state index >= 15 is 0 Å². The number of hydrogen-bond acceptors (Lipinski definition) is 4. The number of piperidine rings is 1. The van der Waals surface area contributed by atoms with Crippen molar-refractivity contribution in [2.75, 3.05) is 25.0 Å². The summed E-state index contributed by atoms with van der Waals surface area (Å²) in [7, 11) is 0. The van der Waals surface area contributed by atoms with Crippen LogP contribution in [0.2, 0.25) is 0 Å². The van der Waals surface area contributed by atoms with Gasteiger partial charge in [0.15, 0.2) is 0 Å². The SMILES string of the molecule is O=C(CCOc1ccccc1)Nc1ccnn1C1CCN(C(=O)C2=CCCCC2)CC1. The normalized spacial score (nSPS) is 17.2. The van der Waals surface area contributed by atoms with E-state index in [0.717, 1.165) is 56.5 Å². The number of aromatic nitrogens is 2. The molecule has 31 heavy (non-hydrogen) atoms. The smallest absolute Gasteiger partial charge is 0.249 e. The Morgan fingerprint density at radius 1 is 1.10 bits per heavy atom. The van der Waals surface area contributed by atoms with E-state index in [-0.39, 0.29) is 24.3 Å². The van der Waals surface area contributed by atoms with E-state index in [4.69, 9.17) is 4.74 Å². The lowest BCUT2D eigenvalue weighted by molar-refractivity contribution is -0.128. The van der Waals surface area contributed by atoms with Crippen LogP contribution in [0.25, 0.3) is 0 Å². The topological polar surface area (TPSA) is 76.5 Å². The van der Waals surface area contributed by atoms with Crippen LogP contribution in [0.15, 0.2) is 54.2 Å². The number of nitrogens with zero attached hydrogens (tertiary/aromatic N) is 3. The summed E-state index contributed by atoms with van der Waals surface area (Å²) in [6.07, 6.45) is 9.97. The van der Waals surface area contributed by atoms with Gasteiger partial charge in [0.1, 0.15) is 11.6 Å². The van der Waals surface area contributed by atoms with E-state index in [1.54, 1.807) is 6.20 Å². The maximum absolute atomic E-state index is 12.7. The molecule has 1 aromatic heterocycles. The molecule has 0 unspecified atom stereocenters. The van der Waals surface area contributed by atoms with E-state index in [2.05, 4.69) is 16.5 Å². The molecular weight excluding hydrogens is 392 g/mol. The number of hydrogen-bond donors (Lipinski definition) is 1. The number of benzene rings is 1. The molecule has 1 saturated heterocycles. The number of allylic oxidation sites excluding steroid dienone is 1. The van der Waals surface area contributed by atoms with Gasteiger partial charge in [0.2, 0.25) is 11.8 Å². The minimum absolute atomic E-state index is 0.102. The van der Waals surface area contributed by atoms with Crippen molar-refractivity contribution in [1.29, 1.82) is 0 Å². The Bertz CT molecular complexity index is 914. The van der Waals surface area contributed by atoms with Gasteiger partial charge in [0, 0.05) is 24.7 Å². The first-order valence-corrected chi connectivity index (χ1v) is 11.2. The van der Waals surface area contributed by atoms with Crippen LogP contribution in [-0.2, 0) is 9.59 Å². The van der Waals surface area contributed by atoms with Gasteiger partial charge in [-0.25, -0.2) is 4.68 Å². The van der Waals surface area contributed by atoms with Crippen molar-refractivity contribution < 1.29 is 14.3 Å². The summed E-state index contributed by atoms with van der Waals surface area (Å²) in [5.74, 6) is 1.55. The number of ether oxygens (including phenoxy) is 1. The standard InChI is InChI=1S/C24H30N4O3/c29-23(14-18-31-21-9-5-2-6-10-21)26-22-11-15-25-28(22)20-12-16-27(17-13-20)24(30)19-7-3-1-4-8-19/h2,5-7,9-11,15,20H,1,3-4,8,12-14,16-18H2,(H,26,29). The molecule has 0 radical (unpaired) electrons. The molecule has 0 bridgehead atoms. The third-order valence-electron chi connectivity index (χ3n) is 5.94. The summed E-state index contributed by atoms with van der Waals surface area (Å²) < 4.78 is 7.49. The molecule has 1 aliphatic heterocycles. The Hall–Kier alpha value is -3.09. The van der Waals surface area contributed by atoms with Crippen LogP contribution in [0.1, 0.15) is 51.0 Å². The fraction of sp³-hybridized carbons (Fsp3) is 0.458. The quantitative estimate of drug-likeness (QED) is 0.733. The number of amides is 2. The molecule has 7 nitrogen and oxygen atoms in total. The number of carbonyl (C=O) groups is 2. The van der Waals surface area contributed by atoms with Crippen LogP contribution in [0.5, 0.6) is 5.75 Å². The Morgan fingerprint density at radius 2 is 1.90 bits per heavy atom. The molecule has 0 spiro atoms. The Balaban J connectivity index is 1.26. The van der Waals surface area contributed by atoms with Crippen LogP contribution in [0.3, 0.4) is 0 Å². The maximum Gasteiger partial charge on any atom is 0.249 e. The number of para-hydroxylation sites is 1. The van der Waals surface area contributed by atoms with Crippen LogP contribution in [0.4, 0.5) is 5.82 Å². The maximum atomic E-state index is 12.7. The third-order valence-corrected chi connectivity index (χ3v) is 5.94. The molecule has 4 rings (SSSR count). The van der Waals surface area contributed by atoms with E-state index < -0.39 is 0 Å². The highest BCUT2D eigenvalue weighted by molar-refractivity contribution is 5.93. The number of anilines is 1. The fourth-order valence-electron chi connectivity index (χ4n) is 4.24. The third kappa shape index (κ3) is 5.54. The van der Waals surface area contributed by atoms with Crippen molar-refractivity contribution in [2.45, 2.75) is 51.0 Å². The lowest BCUT2D eigenvalue weighted by Gasteiger charge is -2.33. The zero-order chi connectivity index (χ0) is 21.5. The van der Waals surface area contributed by atoms with Gasteiger partial charge in [0.05, 0.1) is 25.3 Å². The van der Waals surface area contributed by atoms with Crippen molar-refractivity contribution in [2.24, 2.45) is 0 Å². The number of carbonyl (C=O) groups excluding carboxylic acids is 2. The van der Waals surface area contributed by atoms with Gasteiger partial charge >= 0.3 is 0 Å². The molecule has 2 aromatic rings. The molecule has 1 aromatic carbocycles. The number of nitrogens with one attached hydrogen (secondary N) is 1. The number of rotatable bonds is 7. The van der Waals surface area contributed by atoms with Crippen molar-refractivity contribution >= 4 is 17.6 Å². The molecule has 7 heteroatoms. The van der Waals surface area contributed by atoms with Crippen LogP contribution >= 0.6 is 0 Å². The molecule has 1 N–H and O–H groups in total. The van der Waals surface area contributed by atoms with Gasteiger partial charge in [0.25, 0.3) is 0 Å². The van der Waals surface area contributed by atoms with Gasteiger partial charge in [-0.15, -0.1) is 0 Å². The summed E-state index contributed by atoms with van der Waals surface area (Å²) >= 11 is 0. The first kappa shape index (κ1) is 21.2. The van der Waals surface area contributed by atoms with Crippen LogP contribution in [0, 0.1) is 0 Å². The van der Waals surface area contributed by atoms with E-state index in [1.807, 2.05) is 46.0 Å². The van der Waals surface area contributed by atoms with Crippen molar-refractivity contribution in [3.8, 4) is 5.75 Å². The van der Waals surface area contributed by atoms with Crippen LogP contribution < -0.4 is 10.1 Å². The van der Waals surface area contributed by atoms with Gasteiger partial charge in [-0.2, -0.15) is 5.10 Å². The predicted molar refractivity (Wildman–Crippen MR) is 119 cm³/mol. The molecule has 2 amide bonds. The highest BCUT2D eigenvalue weighted by Crippen LogP contribution is 2.27. The molecule has 2 aliphatic rings. The first-order chi connectivity index (χ1) is 15.2. The second kappa shape index (κ2) is 10.3. The number of likely N-dealkylation sites (tertiary alicyclic amines) is 1. The molecular formula is C24H30N4O3. The summed E-state index contributed by atoms with van der Waals surface area (Å²) in [4.78, 5) is 27.1. The van der Waals surface area contributed by atoms with E-state index in [9.17, 15) is 9.59 Å². The van der Waals surface area contributed by atoms with E-state index in [0.29, 0.717) is 12.4 Å². The van der Waals surface area contributed by atoms with Gasteiger partial charge in [-0.1, -0.05) is 24.3 Å². The molecule has 2 heterocycles. The highest BCUT2D eigenvalue weighted by Gasteiger charge is 2.27. The van der Waals surface area contributed by atoms with Crippen molar-refractivity contribution in [3.63, 3.8) is 0 Å². The summed E-state index contributed by atoms with van der Waals surface area (Å²) in [5, 5.41) is 7.39. The molecule has 0 atom stereocenters. The average Bonchev–Trinajstić information content (AvgIpc) is 3.28. The lowest BCUT2D eigenvalue weighted by Crippen LogP contribution is -2.40. The predicted octanol–water partition coefficient (Wildman–Crippen LogP) is 3.95. The van der Waals surface area contributed by atoms with Crippen molar-refractivity contribution in [1.82, 2.24) is 14.7 Å². The molecule has 0 saturated carbocycles. The second-order valence-electron chi connectivity index (χ2n) is 8.12. The Kier molecular flexibility index (Phi) is 7.02. The van der Waals surface area contributed by atoms with Gasteiger partial charge in [-0.3, -0.25) is 9.59 Å². The zero-order valence-electron chi connectivity index (χ0n) is 17.8. The summed E-state index contributed by atoms with van der Waals surface area (Å²) in [5.41, 5.74) is 0.981. The largest absolute Gasteiger partial charge is 0.493 e. The first-order valence-electron chi connectivity index (χ1n) is 11.2. The minimum atomic E-state index is -0.102. The highest BCUT2D eigenvalue weighted by atomic mass is 16.5. The molecule has 164 valence electrons. The van der Waals surface area contributed by atoms with Gasteiger partial charge < -0.3 is 15.0 Å². The Morgan fingerprint density at radius 3 is 2.65 bits per heavy atom. The molecule has 1 fully saturated rings. The van der Waals surface area contributed by atoms with Crippen molar-refractivity contribution in [3.05, 3.63) is 54.2 Å². The van der Waals surface area contributed by atoms with Crippen LogP contribution in [-0.4, -0.2) is 46.2 Å². The summed E-state index contributed by atoms with van der Waals surface area (Å²) in [6, 6.07) is 11.5. The van der Waals surface area contributed by atoms with Gasteiger partial charge in [-0.05, 0) is 50.7 Å². The van der Waals surface area contributed by atoms with E-state index in [1.165, 1.54) is 6.42 Å². The zero-order valence-corrected chi connectivity index (χ0v) is 17.8. The second-order valence-corrected chi connectivity index (χ2v) is 8.12.